The molecule has 0 saturated heterocycles. The summed E-state index contributed by atoms with van der Waals surface area (Å²) in [7, 11) is 0. The van der Waals surface area contributed by atoms with Gasteiger partial charge in [0.2, 0.25) is 5.91 Å². The van der Waals surface area contributed by atoms with Crippen molar-refractivity contribution in [3.05, 3.63) is 46.4 Å². The van der Waals surface area contributed by atoms with E-state index < -0.39 is 0 Å². The van der Waals surface area contributed by atoms with Crippen LogP contribution < -0.4 is 11.0 Å². The van der Waals surface area contributed by atoms with Crippen LogP contribution in [-0.2, 0) is 11.3 Å². The van der Waals surface area contributed by atoms with Gasteiger partial charge in [-0.05, 0) is 18.4 Å². The van der Waals surface area contributed by atoms with Crippen molar-refractivity contribution in [2.24, 2.45) is 0 Å². The van der Waals surface area contributed by atoms with Gasteiger partial charge < -0.3 is 5.32 Å². The third-order valence-corrected chi connectivity index (χ3v) is 4.88. The number of carbonyl (C=O) groups excluding carboxylic acids is 1. The number of nitrogens with one attached hydrogen (secondary N) is 2. The van der Waals surface area contributed by atoms with E-state index in [9.17, 15) is 9.59 Å². The fraction of sp³-hybridized carbons (Fsp3) is 0.500. The lowest BCUT2D eigenvalue weighted by atomic mass is 10.0. The van der Waals surface area contributed by atoms with Crippen molar-refractivity contribution in [2.45, 2.75) is 57.3 Å². The van der Waals surface area contributed by atoms with Crippen LogP contribution in [0.1, 0.15) is 51.1 Å². The highest BCUT2D eigenvalue weighted by atomic mass is 32.2. The smallest absolute Gasteiger partial charge is 0.343 e. The number of hydrogen-bond acceptors (Lipinski definition) is 4. The quantitative estimate of drug-likeness (QED) is 0.637. The van der Waals surface area contributed by atoms with E-state index in [1.807, 2.05) is 30.3 Å². The normalized spacial score (nSPS) is 12.1. The predicted octanol–water partition coefficient (Wildman–Crippen LogP) is 3.12. The highest BCUT2D eigenvalue weighted by Gasteiger charge is 2.15. The number of unbranched alkanes of at least 4 members (excludes halogenated alkanes) is 1. The fourth-order valence-corrected chi connectivity index (χ4v) is 3.37. The molecule has 0 bridgehead atoms. The van der Waals surface area contributed by atoms with Crippen LogP contribution in [0.25, 0.3) is 0 Å². The Morgan fingerprint density at radius 3 is 2.72 bits per heavy atom. The number of hydrogen-bond donors (Lipinski definition) is 2. The summed E-state index contributed by atoms with van der Waals surface area (Å²) in [6, 6.07) is 10.0. The molecule has 2 aromatic rings. The molecule has 1 unspecified atom stereocenters. The van der Waals surface area contributed by atoms with Gasteiger partial charge in [-0.15, -0.1) is 5.10 Å². The van der Waals surface area contributed by atoms with Crippen LogP contribution in [0.15, 0.2) is 40.3 Å². The molecule has 1 atom stereocenters. The monoisotopic (exact) mass is 362 g/mol. The minimum atomic E-state index is -0.218. The molecule has 2 rings (SSSR count). The van der Waals surface area contributed by atoms with Crippen molar-refractivity contribution in [1.82, 2.24) is 20.1 Å². The Balaban J connectivity index is 1.94. The van der Waals surface area contributed by atoms with Crippen LogP contribution in [0.5, 0.6) is 0 Å². The molecule has 1 aromatic carbocycles. The van der Waals surface area contributed by atoms with Gasteiger partial charge in [-0.3, -0.25) is 9.36 Å². The molecular formula is C18H26N4O2S. The molecule has 136 valence electrons. The van der Waals surface area contributed by atoms with Gasteiger partial charge in [0.15, 0.2) is 5.16 Å². The van der Waals surface area contributed by atoms with Crippen molar-refractivity contribution in [3.63, 3.8) is 0 Å². The van der Waals surface area contributed by atoms with Crippen LogP contribution in [0.3, 0.4) is 0 Å². The second kappa shape index (κ2) is 10.1. The molecule has 1 heterocycles. The Labute approximate surface area is 152 Å². The Morgan fingerprint density at radius 1 is 1.28 bits per heavy atom. The van der Waals surface area contributed by atoms with E-state index in [4.69, 9.17) is 0 Å². The second-order valence-electron chi connectivity index (χ2n) is 5.92. The van der Waals surface area contributed by atoms with Crippen molar-refractivity contribution in [1.29, 1.82) is 0 Å². The van der Waals surface area contributed by atoms with Crippen LogP contribution in [-0.4, -0.2) is 26.4 Å². The first-order valence-electron chi connectivity index (χ1n) is 8.78. The maximum atomic E-state index is 12.3. The molecule has 2 N–H and O–H groups in total. The maximum Gasteiger partial charge on any atom is 0.343 e. The van der Waals surface area contributed by atoms with Gasteiger partial charge in [-0.2, -0.15) is 0 Å². The number of benzene rings is 1. The molecule has 0 aliphatic rings. The fourth-order valence-electron chi connectivity index (χ4n) is 2.59. The largest absolute Gasteiger partial charge is 0.349 e. The Bertz CT molecular complexity index is 711. The van der Waals surface area contributed by atoms with Crippen molar-refractivity contribution >= 4 is 17.7 Å². The highest BCUT2D eigenvalue weighted by Crippen LogP contribution is 2.19. The lowest BCUT2D eigenvalue weighted by Gasteiger charge is -2.18. The molecule has 0 aliphatic carbocycles. The number of aromatic amines is 1. The Kier molecular flexibility index (Phi) is 7.78. The first kappa shape index (κ1) is 19.3. The first-order valence-corrected chi connectivity index (χ1v) is 9.76. The average Bonchev–Trinajstić information content (AvgIpc) is 2.98. The zero-order valence-corrected chi connectivity index (χ0v) is 15.6. The average molecular weight is 362 g/mol. The van der Waals surface area contributed by atoms with Crippen molar-refractivity contribution < 1.29 is 4.79 Å². The predicted molar refractivity (Wildman–Crippen MR) is 101 cm³/mol. The van der Waals surface area contributed by atoms with E-state index in [2.05, 4.69) is 29.4 Å². The van der Waals surface area contributed by atoms with E-state index in [0.717, 1.165) is 31.2 Å². The van der Waals surface area contributed by atoms with Crippen LogP contribution >= 0.6 is 11.8 Å². The van der Waals surface area contributed by atoms with Gasteiger partial charge in [-0.1, -0.05) is 68.8 Å². The summed E-state index contributed by atoms with van der Waals surface area (Å²) in [6.45, 7) is 4.80. The number of rotatable bonds is 10. The van der Waals surface area contributed by atoms with E-state index in [1.54, 1.807) is 4.57 Å². The van der Waals surface area contributed by atoms with Gasteiger partial charge in [0, 0.05) is 6.54 Å². The zero-order chi connectivity index (χ0) is 18.1. The SMILES string of the molecule is CCCCn1c(SCC(=O)NC(CCC)c2ccccc2)n[nH]c1=O. The summed E-state index contributed by atoms with van der Waals surface area (Å²) in [5.74, 6) is 0.188. The summed E-state index contributed by atoms with van der Waals surface area (Å²) in [5.41, 5.74) is 0.895. The Hall–Kier alpha value is -2.02. The van der Waals surface area contributed by atoms with Gasteiger partial charge in [0.05, 0.1) is 11.8 Å². The summed E-state index contributed by atoms with van der Waals surface area (Å²) in [5, 5.41) is 10.1. The first-order chi connectivity index (χ1) is 12.2. The van der Waals surface area contributed by atoms with E-state index in [1.165, 1.54) is 11.8 Å². The minimum Gasteiger partial charge on any atom is -0.349 e. The molecule has 1 amide bonds. The third-order valence-electron chi connectivity index (χ3n) is 3.91. The minimum absolute atomic E-state index is 0.0146. The number of amides is 1. The molecule has 7 heteroatoms. The molecule has 25 heavy (non-hydrogen) atoms. The number of thioether (sulfide) groups is 1. The van der Waals surface area contributed by atoms with E-state index in [0.29, 0.717) is 11.7 Å². The summed E-state index contributed by atoms with van der Waals surface area (Å²) in [6.07, 6.45) is 3.79. The molecule has 0 aliphatic heterocycles. The van der Waals surface area contributed by atoms with Crippen LogP contribution in [0.4, 0.5) is 0 Å². The van der Waals surface area contributed by atoms with Crippen LogP contribution in [0.2, 0.25) is 0 Å². The Morgan fingerprint density at radius 2 is 2.04 bits per heavy atom. The number of carbonyl (C=O) groups is 1. The van der Waals surface area contributed by atoms with Gasteiger partial charge in [0.1, 0.15) is 0 Å². The summed E-state index contributed by atoms with van der Waals surface area (Å²) >= 11 is 1.29. The summed E-state index contributed by atoms with van der Waals surface area (Å²) in [4.78, 5) is 24.1. The van der Waals surface area contributed by atoms with Gasteiger partial charge in [0.25, 0.3) is 0 Å². The molecule has 6 nitrogen and oxygen atoms in total. The standard InChI is InChI=1S/C18H26N4O2S/c1-3-5-12-22-17(24)20-21-18(22)25-13-16(23)19-15(9-4-2)14-10-7-6-8-11-14/h6-8,10-11,15H,3-5,9,12-13H2,1-2H3,(H,19,23)(H,20,24). The molecular weight excluding hydrogens is 336 g/mol. The lowest BCUT2D eigenvalue weighted by molar-refractivity contribution is -0.119. The van der Waals surface area contributed by atoms with E-state index >= 15 is 0 Å². The lowest BCUT2D eigenvalue weighted by Crippen LogP contribution is -2.30. The van der Waals surface area contributed by atoms with Crippen LogP contribution in [0, 0.1) is 0 Å². The second-order valence-corrected chi connectivity index (χ2v) is 6.87. The summed E-state index contributed by atoms with van der Waals surface area (Å²) < 4.78 is 1.60. The maximum absolute atomic E-state index is 12.3. The molecule has 0 radical (unpaired) electrons. The molecule has 0 spiro atoms. The number of H-pyrrole nitrogens is 1. The highest BCUT2D eigenvalue weighted by molar-refractivity contribution is 7.99. The van der Waals surface area contributed by atoms with Crippen molar-refractivity contribution in [3.8, 4) is 0 Å². The molecule has 1 aromatic heterocycles. The van der Waals surface area contributed by atoms with E-state index in [-0.39, 0.29) is 23.4 Å². The molecule has 0 saturated carbocycles. The molecule has 0 fully saturated rings. The third kappa shape index (κ3) is 5.77. The number of aromatic nitrogens is 3. The van der Waals surface area contributed by atoms with Gasteiger partial charge >= 0.3 is 5.69 Å². The van der Waals surface area contributed by atoms with Crippen molar-refractivity contribution in [2.75, 3.05) is 5.75 Å². The number of nitrogens with zero attached hydrogens (tertiary/aromatic N) is 2. The zero-order valence-electron chi connectivity index (χ0n) is 14.8. The topological polar surface area (TPSA) is 79.8 Å². The van der Waals surface area contributed by atoms with Gasteiger partial charge in [-0.25, -0.2) is 9.89 Å².